The van der Waals surface area contributed by atoms with E-state index in [-0.39, 0.29) is 17.9 Å². The van der Waals surface area contributed by atoms with Gasteiger partial charge in [-0.1, -0.05) is 64.6 Å². The molecule has 2 heterocycles. The SMILES string of the molecule is COc1cccc([C@]23CCN(C(=O)OCC(Cl)(Cl)Cl)CC2Cc2c([nH]c4cccc(Cl)c24)C3)c1. The van der Waals surface area contributed by atoms with Crippen molar-refractivity contribution in [2.24, 2.45) is 5.92 Å². The fraction of sp³-hybridized carbons (Fsp3) is 0.400. The molecule has 1 aromatic heterocycles. The number of halogens is 4. The van der Waals surface area contributed by atoms with E-state index < -0.39 is 9.89 Å². The van der Waals surface area contributed by atoms with E-state index in [9.17, 15) is 4.79 Å². The Morgan fingerprint density at radius 1 is 1.24 bits per heavy atom. The monoisotopic (exact) mass is 540 g/mol. The lowest BCUT2D eigenvalue weighted by atomic mass is 9.59. The van der Waals surface area contributed by atoms with Crippen LogP contribution < -0.4 is 4.74 Å². The van der Waals surface area contributed by atoms with E-state index in [0.29, 0.717) is 13.1 Å². The summed E-state index contributed by atoms with van der Waals surface area (Å²) < 4.78 is 9.18. The molecule has 1 unspecified atom stereocenters. The molecule has 0 spiro atoms. The number of carbonyl (C=O) groups excluding carboxylic acids is 1. The number of nitrogens with one attached hydrogen (secondary N) is 1. The molecule has 1 aliphatic carbocycles. The summed E-state index contributed by atoms with van der Waals surface area (Å²) >= 11 is 23.9. The van der Waals surface area contributed by atoms with E-state index in [1.54, 1.807) is 12.0 Å². The van der Waals surface area contributed by atoms with Gasteiger partial charge < -0.3 is 19.4 Å². The summed E-state index contributed by atoms with van der Waals surface area (Å²) in [6.45, 7) is 0.788. The van der Waals surface area contributed by atoms with Crippen molar-refractivity contribution in [3.63, 3.8) is 0 Å². The first-order chi connectivity index (χ1) is 16.2. The maximum Gasteiger partial charge on any atom is 0.409 e. The second kappa shape index (κ2) is 9.02. The Morgan fingerprint density at radius 2 is 2.03 bits per heavy atom. The van der Waals surface area contributed by atoms with Gasteiger partial charge in [-0.05, 0) is 60.6 Å². The number of hydrogen-bond acceptors (Lipinski definition) is 3. The van der Waals surface area contributed by atoms with Crippen molar-refractivity contribution in [3.05, 3.63) is 64.3 Å². The molecule has 180 valence electrons. The van der Waals surface area contributed by atoms with Crippen molar-refractivity contribution in [1.29, 1.82) is 0 Å². The van der Waals surface area contributed by atoms with Crippen LogP contribution in [0.15, 0.2) is 42.5 Å². The third-order valence-electron chi connectivity index (χ3n) is 7.22. The molecule has 3 aromatic rings. The molecule has 0 bridgehead atoms. The lowest BCUT2D eigenvalue weighted by molar-refractivity contribution is 0.0539. The summed E-state index contributed by atoms with van der Waals surface area (Å²) in [5, 5.41) is 1.80. The zero-order valence-electron chi connectivity index (χ0n) is 18.5. The minimum Gasteiger partial charge on any atom is -0.497 e. The molecule has 1 aliphatic heterocycles. The van der Waals surface area contributed by atoms with E-state index in [1.165, 1.54) is 16.8 Å². The molecule has 2 aliphatic rings. The Morgan fingerprint density at radius 3 is 2.79 bits per heavy atom. The van der Waals surface area contributed by atoms with Crippen molar-refractivity contribution in [2.45, 2.75) is 28.5 Å². The molecule has 1 saturated heterocycles. The van der Waals surface area contributed by atoms with Gasteiger partial charge in [0.05, 0.1) is 12.1 Å². The molecule has 2 aromatic carbocycles. The predicted octanol–water partition coefficient (Wildman–Crippen LogP) is 6.70. The topological polar surface area (TPSA) is 54.6 Å². The number of likely N-dealkylation sites (tertiary alicyclic amines) is 1. The van der Waals surface area contributed by atoms with Gasteiger partial charge >= 0.3 is 6.09 Å². The minimum atomic E-state index is -1.64. The summed E-state index contributed by atoms with van der Waals surface area (Å²) in [6.07, 6.45) is 1.91. The summed E-state index contributed by atoms with van der Waals surface area (Å²) in [6, 6.07) is 14.2. The number of hydrogen-bond donors (Lipinski definition) is 1. The molecule has 34 heavy (non-hydrogen) atoms. The van der Waals surface area contributed by atoms with Gasteiger partial charge in [-0.2, -0.15) is 0 Å². The van der Waals surface area contributed by atoms with Gasteiger partial charge in [0.25, 0.3) is 0 Å². The Balaban J connectivity index is 1.53. The van der Waals surface area contributed by atoms with Crippen LogP contribution in [0.1, 0.15) is 23.2 Å². The lowest BCUT2D eigenvalue weighted by Gasteiger charge is -2.50. The number of benzene rings is 2. The predicted molar refractivity (Wildman–Crippen MR) is 137 cm³/mol. The standard InChI is InChI=1S/C25H24Cl4N2O3/c1-33-17-5-2-4-15(10-17)24-8-9-31(23(32)34-14-25(27,28)29)13-16(24)11-18-21(12-24)30-20-7-3-6-19(26)22(18)20/h2-7,10,16,30H,8-9,11-14H2,1H3/t16?,24-/m1/s1. The van der Waals surface area contributed by atoms with E-state index in [2.05, 4.69) is 23.2 Å². The number of amides is 1. The number of aromatic nitrogens is 1. The smallest absolute Gasteiger partial charge is 0.409 e. The number of rotatable bonds is 3. The van der Waals surface area contributed by atoms with Crippen LogP contribution in [0, 0.1) is 5.92 Å². The zero-order chi connectivity index (χ0) is 24.1. The normalized spacial score (nSPS) is 22.3. The number of carbonyl (C=O) groups is 1. The Bertz CT molecular complexity index is 1240. The van der Waals surface area contributed by atoms with Crippen LogP contribution in [0.3, 0.4) is 0 Å². The van der Waals surface area contributed by atoms with Crippen molar-refractivity contribution < 1.29 is 14.3 Å². The maximum absolute atomic E-state index is 12.8. The Kier molecular flexibility index (Phi) is 6.34. The molecule has 0 saturated carbocycles. The van der Waals surface area contributed by atoms with Crippen molar-refractivity contribution in [3.8, 4) is 5.75 Å². The quantitative estimate of drug-likeness (QED) is 0.375. The van der Waals surface area contributed by atoms with Crippen LogP contribution >= 0.6 is 46.4 Å². The number of ether oxygens (including phenoxy) is 2. The van der Waals surface area contributed by atoms with Crippen molar-refractivity contribution in [2.75, 3.05) is 26.8 Å². The fourth-order valence-electron chi connectivity index (χ4n) is 5.64. The van der Waals surface area contributed by atoms with Gasteiger partial charge in [0, 0.05) is 35.1 Å². The molecule has 0 radical (unpaired) electrons. The number of alkyl halides is 3. The molecule has 5 rings (SSSR count). The molecule has 1 amide bonds. The highest BCUT2D eigenvalue weighted by Crippen LogP contribution is 2.50. The number of H-pyrrole nitrogens is 1. The number of piperidine rings is 1. The van der Waals surface area contributed by atoms with Crippen LogP contribution in [0.2, 0.25) is 5.02 Å². The minimum absolute atomic E-state index is 0.149. The second-order valence-corrected chi connectivity index (χ2v) is 12.0. The summed E-state index contributed by atoms with van der Waals surface area (Å²) in [5.41, 5.74) is 4.51. The van der Waals surface area contributed by atoms with Crippen LogP contribution in [-0.2, 0) is 23.0 Å². The average molecular weight is 542 g/mol. The Hall–Kier alpha value is -1.79. The first-order valence-corrected chi connectivity index (χ1v) is 12.6. The van der Waals surface area contributed by atoms with Crippen LogP contribution in [0.5, 0.6) is 5.75 Å². The van der Waals surface area contributed by atoms with E-state index in [0.717, 1.165) is 40.9 Å². The first-order valence-electron chi connectivity index (χ1n) is 11.1. The lowest BCUT2D eigenvalue weighted by Crippen LogP contribution is -2.55. The Labute approximate surface area is 218 Å². The average Bonchev–Trinajstić information content (AvgIpc) is 3.18. The second-order valence-electron chi connectivity index (χ2n) is 9.08. The number of methoxy groups -OCH3 is 1. The molecule has 1 fully saturated rings. The number of aromatic amines is 1. The summed E-state index contributed by atoms with van der Waals surface area (Å²) in [7, 11) is 1.68. The first kappa shape index (κ1) is 23.9. The van der Waals surface area contributed by atoms with Crippen LogP contribution in [-0.4, -0.2) is 46.6 Å². The number of nitrogens with zero attached hydrogens (tertiary/aromatic N) is 1. The summed E-state index contributed by atoms with van der Waals surface area (Å²) in [4.78, 5) is 18.1. The highest BCUT2D eigenvalue weighted by atomic mass is 35.6. The highest BCUT2D eigenvalue weighted by Gasteiger charge is 2.49. The largest absolute Gasteiger partial charge is 0.497 e. The van der Waals surface area contributed by atoms with E-state index >= 15 is 0 Å². The van der Waals surface area contributed by atoms with Crippen molar-refractivity contribution in [1.82, 2.24) is 9.88 Å². The summed E-state index contributed by atoms with van der Waals surface area (Å²) in [5.74, 6) is 0.970. The van der Waals surface area contributed by atoms with Crippen LogP contribution in [0.4, 0.5) is 4.79 Å². The van der Waals surface area contributed by atoms with Gasteiger partial charge in [-0.3, -0.25) is 0 Å². The molecule has 9 heteroatoms. The van der Waals surface area contributed by atoms with Crippen molar-refractivity contribution >= 4 is 63.4 Å². The molecule has 2 atom stereocenters. The van der Waals surface area contributed by atoms with Gasteiger partial charge in [0.1, 0.15) is 12.4 Å². The number of fused-ring (bicyclic) bond motifs is 4. The molecular weight excluding hydrogens is 518 g/mol. The van der Waals surface area contributed by atoms with E-state index in [1.807, 2.05) is 24.3 Å². The zero-order valence-corrected chi connectivity index (χ0v) is 21.6. The van der Waals surface area contributed by atoms with E-state index in [4.69, 9.17) is 55.9 Å². The maximum atomic E-state index is 12.8. The van der Waals surface area contributed by atoms with Gasteiger partial charge in [-0.25, -0.2) is 4.79 Å². The van der Waals surface area contributed by atoms with Gasteiger partial charge in [-0.15, -0.1) is 0 Å². The third kappa shape index (κ3) is 4.32. The molecule has 1 N–H and O–H groups in total. The molecule has 5 nitrogen and oxygen atoms in total. The van der Waals surface area contributed by atoms with Crippen LogP contribution in [0.25, 0.3) is 10.9 Å². The highest BCUT2D eigenvalue weighted by molar-refractivity contribution is 6.67. The fourth-order valence-corrected chi connectivity index (χ4v) is 6.09. The van der Waals surface area contributed by atoms with Gasteiger partial charge in [0.15, 0.2) is 0 Å². The molecular formula is C25H24Cl4N2O3. The third-order valence-corrected chi connectivity index (χ3v) is 7.86. The van der Waals surface area contributed by atoms with Gasteiger partial charge in [0.2, 0.25) is 3.79 Å².